The molecule has 1 aromatic rings. The lowest BCUT2D eigenvalue weighted by molar-refractivity contribution is -0.141. The maximum atomic E-state index is 12.6. The molecule has 0 aromatic carbocycles. The summed E-state index contributed by atoms with van der Waals surface area (Å²) in [7, 11) is 0. The highest BCUT2D eigenvalue weighted by Gasteiger charge is 2.37. The van der Waals surface area contributed by atoms with E-state index in [1.807, 2.05) is 31.0 Å². The van der Waals surface area contributed by atoms with E-state index in [1.165, 1.54) is 0 Å². The molecule has 2 rings (SSSR count). The van der Waals surface area contributed by atoms with Crippen LogP contribution < -0.4 is 5.32 Å². The predicted molar refractivity (Wildman–Crippen MR) is 65.6 cm³/mol. The normalized spacial score (nSPS) is 20.0. The van der Waals surface area contributed by atoms with E-state index >= 15 is 0 Å². The molecule has 0 saturated carbocycles. The average molecular weight is 236 g/mol. The number of amides is 1. The van der Waals surface area contributed by atoms with E-state index in [2.05, 4.69) is 10.4 Å². The summed E-state index contributed by atoms with van der Waals surface area (Å²) in [5.41, 5.74) is -0.555. The Hall–Kier alpha value is -1.36. The van der Waals surface area contributed by atoms with Crippen molar-refractivity contribution < 1.29 is 4.79 Å². The number of nitrogens with zero attached hydrogens (tertiary/aromatic N) is 3. The van der Waals surface area contributed by atoms with Crippen LogP contribution >= 0.6 is 0 Å². The summed E-state index contributed by atoms with van der Waals surface area (Å²) in [6.07, 6.45) is 4.33. The van der Waals surface area contributed by atoms with Crippen LogP contribution in [0.3, 0.4) is 0 Å². The fourth-order valence-electron chi connectivity index (χ4n) is 2.18. The highest BCUT2D eigenvalue weighted by Crippen LogP contribution is 2.22. The zero-order valence-corrected chi connectivity index (χ0v) is 10.5. The number of carbonyl (C=O) groups is 1. The lowest BCUT2D eigenvalue weighted by Gasteiger charge is -2.36. The van der Waals surface area contributed by atoms with Crippen LogP contribution in [-0.2, 0) is 10.3 Å². The van der Waals surface area contributed by atoms with Gasteiger partial charge >= 0.3 is 0 Å². The molecule has 5 nitrogen and oxygen atoms in total. The van der Waals surface area contributed by atoms with Gasteiger partial charge in [0.2, 0.25) is 5.91 Å². The van der Waals surface area contributed by atoms with Crippen molar-refractivity contribution in [1.29, 1.82) is 0 Å². The second-order valence-corrected chi connectivity index (χ2v) is 4.62. The van der Waals surface area contributed by atoms with Crippen LogP contribution in [0.5, 0.6) is 0 Å². The predicted octanol–water partition coefficient (Wildman–Crippen LogP) is 0.440. The molecule has 0 radical (unpaired) electrons. The topological polar surface area (TPSA) is 50.2 Å². The van der Waals surface area contributed by atoms with Crippen LogP contribution in [0, 0.1) is 0 Å². The minimum atomic E-state index is -0.555. The molecule has 2 heterocycles. The van der Waals surface area contributed by atoms with Gasteiger partial charge in [-0.2, -0.15) is 5.10 Å². The molecule has 0 aliphatic carbocycles. The molecule has 1 aromatic heterocycles. The van der Waals surface area contributed by atoms with Crippen molar-refractivity contribution in [1.82, 2.24) is 20.0 Å². The Labute approximate surface area is 102 Å². The van der Waals surface area contributed by atoms with E-state index in [4.69, 9.17) is 0 Å². The maximum absolute atomic E-state index is 12.6. The van der Waals surface area contributed by atoms with Gasteiger partial charge in [-0.3, -0.25) is 9.48 Å². The molecule has 1 aliphatic heterocycles. The standard InChI is InChI=1S/C12H20N4O/c1-3-12(2,16-8-4-5-14-16)11(17)15-9-6-13-7-10-15/h4-5,8,13H,3,6-7,9-10H2,1-2H3. The van der Waals surface area contributed by atoms with Gasteiger partial charge in [0, 0.05) is 38.6 Å². The van der Waals surface area contributed by atoms with Gasteiger partial charge in [0.1, 0.15) is 5.54 Å². The third kappa shape index (κ3) is 2.20. The zero-order chi connectivity index (χ0) is 12.3. The van der Waals surface area contributed by atoms with Crippen LogP contribution in [0.15, 0.2) is 18.5 Å². The van der Waals surface area contributed by atoms with Gasteiger partial charge in [0.25, 0.3) is 0 Å². The first kappa shape index (κ1) is 12.1. The van der Waals surface area contributed by atoms with E-state index in [9.17, 15) is 4.79 Å². The van der Waals surface area contributed by atoms with Crippen LogP contribution in [-0.4, -0.2) is 46.8 Å². The number of aromatic nitrogens is 2. The Morgan fingerprint density at radius 1 is 1.47 bits per heavy atom. The molecule has 17 heavy (non-hydrogen) atoms. The van der Waals surface area contributed by atoms with Gasteiger partial charge in [-0.1, -0.05) is 6.92 Å². The van der Waals surface area contributed by atoms with E-state index < -0.39 is 5.54 Å². The quantitative estimate of drug-likeness (QED) is 0.828. The Bertz CT molecular complexity index is 370. The number of hydrogen-bond acceptors (Lipinski definition) is 3. The monoisotopic (exact) mass is 236 g/mol. The Kier molecular flexibility index (Phi) is 3.47. The van der Waals surface area contributed by atoms with Gasteiger partial charge in [-0.05, 0) is 19.4 Å². The van der Waals surface area contributed by atoms with E-state index in [0.29, 0.717) is 0 Å². The third-order valence-corrected chi connectivity index (χ3v) is 3.56. The minimum Gasteiger partial charge on any atom is -0.338 e. The average Bonchev–Trinajstić information content (AvgIpc) is 2.92. The van der Waals surface area contributed by atoms with Crippen molar-refractivity contribution >= 4 is 5.91 Å². The summed E-state index contributed by atoms with van der Waals surface area (Å²) in [6.45, 7) is 7.33. The van der Waals surface area contributed by atoms with Crippen molar-refractivity contribution in [3.8, 4) is 0 Å². The van der Waals surface area contributed by atoms with Crippen molar-refractivity contribution in [3.63, 3.8) is 0 Å². The van der Waals surface area contributed by atoms with Gasteiger partial charge in [-0.15, -0.1) is 0 Å². The number of carbonyl (C=O) groups excluding carboxylic acids is 1. The van der Waals surface area contributed by atoms with Gasteiger partial charge in [0.15, 0.2) is 0 Å². The molecule has 94 valence electrons. The molecule has 0 bridgehead atoms. The summed E-state index contributed by atoms with van der Waals surface area (Å²) in [4.78, 5) is 14.5. The van der Waals surface area contributed by atoms with Gasteiger partial charge in [-0.25, -0.2) is 0 Å². The lowest BCUT2D eigenvalue weighted by atomic mass is 9.96. The Balaban J connectivity index is 2.19. The molecule has 5 heteroatoms. The molecule has 1 unspecified atom stereocenters. The molecule has 1 atom stereocenters. The van der Waals surface area contributed by atoms with Gasteiger partial charge < -0.3 is 10.2 Å². The van der Waals surface area contributed by atoms with Crippen LogP contribution in [0.2, 0.25) is 0 Å². The van der Waals surface area contributed by atoms with Crippen molar-refractivity contribution in [2.75, 3.05) is 26.2 Å². The number of hydrogen-bond donors (Lipinski definition) is 1. The fourth-order valence-corrected chi connectivity index (χ4v) is 2.18. The summed E-state index contributed by atoms with van der Waals surface area (Å²) in [6, 6.07) is 1.86. The van der Waals surface area contributed by atoms with Crippen molar-refractivity contribution in [3.05, 3.63) is 18.5 Å². The highest BCUT2D eigenvalue weighted by atomic mass is 16.2. The SMILES string of the molecule is CCC(C)(C(=O)N1CCNCC1)n1cccn1. The van der Waals surface area contributed by atoms with Crippen molar-refractivity contribution in [2.45, 2.75) is 25.8 Å². The van der Waals surface area contributed by atoms with Gasteiger partial charge in [0.05, 0.1) is 0 Å². The Morgan fingerprint density at radius 2 is 2.18 bits per heavy atom. The summed E-state index contributed by atoms with van der Waals surface area (Å²) >= 11 is 0. The zero-order valence-electron chi connectivity index (χ0n) is 10.5. The van der Waals surface area contributed by atoms with E-state index in [-0.39, 0.29) is 5.91 Å². The minimum absolute atomic E-state index is 0.171. The smallest absolute Gasteiger partial charge is 0.250 e. The lowest BCUT2D eigenvalue weighted by Crippen LogP contribution is -2.54. The number of rotatable bonds is 3. The van der Waals surface area contributed by atoms with E-state index in [1.54, 1.807) is 10.9 Å². The molecule has 1 aliphatic rings. The molecule has 1 N–H and O–H groups in total. The first-order valence-corrected chi connectivity index (χ1v) is 6.18. The largest absolute Gasteiger partial charge is 0.338 e. The molecule has 1 saturated heterocycles. The van der Waals surface area contributed by atoms with Crippen molar-refractivity contribution in [2.24, 2.45) is 0 Å². The number of piperazine rings is 1. The molecular formula is C12H20N4O. The Morgan fingerprint density at radius 3 is 2.71 bits per heavy atom. The third-order valence-electron chi connectivity index (χ3n) is 3.56. The van der Waals surface area contributed by atoms with E-state index in [0.717, 1.165) is 32.6 Å². The molecule has 1 fully saturated rings. The number of nitrogens with one attached hydrogen (secondary N) is 1. The molecule has 0 spiro atoms. The summed E-state index contributed by atoms with van der Waals surface area (Å²) in [5.74, 6) is 0.171. The fraction of sp³-hybridized carbons (Fsp3) is 0.667. The van der Waals surface area contributed by atoms with Crippen LogP contribution in [0.1, 0.15) is 20.3 Å². The summed E-state index contributed by atoms with van der Waals surface area (Å²) in [5, 5.41) is 7.49. The first-order chi connectivity index (χ1) is 8.18. The molecular weight excluding hydrogens is 216 g/mol. The summed E-state index contributed by atoms with van der Waals surface area (Å²) < 4.78 is 1.78. The first-order valence-electron chi connectivity index (χ1n) is 6.18. The second-order valence-electron chi connectivity index (χ2n) is 4.62. The maximum Gasteiger partial charge on any atom is 0.250 e. The van der Waals surface area contributed by atoms with Crippen LogP contribution in [0.4, 0.5) is 0 Å². The van der Waals surface area contributed by atoms with Crippen LogP contribution in [0.25, 0.3) is 0 Å². The molecule has 1 amide bonds. The second kappa shape index (κ2) is 4.87. The highest BCUT2D eigenvalue weighted by molar-refractivity contribution is 5.84.